The first kappa shape index (κ1) is 11.7. The maximum absolute atomic E-state index is 7.17. The van der Waals surface area contributed by atoms with Crippen LogP contribution in [-0.2, 0) is 0 Å². The van der Waals surface area contributed by atoms with E-state index in [1.807, 2.05) is 36.4 Å². The molecule has 4 nitrogen and oxygen atoms in total. The van der Waals surface area contributed by atoms with Gasteiger partial charge in [0.15, 0.2) is 0 Å². The fourth-order valence-electron chi connectivity index (χ4n) is 1.67. The largest absolute Gasteiger partial charge is 0.631 e. The lowest BCUT2D eigenvalue weighted by Gasteiger charge is -1.85. The fourth-order valence-corrected chi connectivity index (χ4v) is 1.67. The molecule has 0 unspecified atom stereocenters. The normalized spacial score (nSPS) is 10.1. The molecule has 0 aliphatic rings. The second kappa shape index (κ2) is 5.01. The number of rotatable bonds is 0. The molecule has 3 N–H and O–H groups in total. The van der Waals surface area contributed by atoms with Gasteiger partial charge >= 0.3 is 7.32 Å². The average Bonchev–Trinajstić information content (AvgIpc) is 2.66. The van der Waals surface area contributed by atoms with Crippen molar-refractivity contribution in [2.45, 2.75) is 0 Å². The second-order valence-electron chi connectivity index (χ2n) is 3.44. The SMILES string of the molecule is OB(O)O.c1ccc2c(c1)oc1ccccc12. The molecule has 0 bridgehead atoms. The van der Waals surface area contributed by atoms with E-state index in [1.165, 1.54) is 10.8 Å². The number of para-hydroxylation sites is 2. The molecule has 1 aromatic heterocycles. The van der Waals surface area contributed by atoms with Gasteiger partial charge in [-0.1, -0.05) is 36.4 Å². The Balaban J connectivity index is 0.000000239. The van der Waals surface area contributed by atoms with Gasteiger partial charge in [-0.25, -0.2) is 0 Å². The van der Waals surface area contributed by atoms with Crippen molar-refractivity contribution >= 4 is 29.3 Å². The third kappa shape index (κ3) is 2.65. The summed E-state index contributed by atoms with van der Waals surface area (Å²) >= 11 is 0. The van der Waals surface area contributed by atoms with Crippen molar-refractivity contribution in [1.82, 2.24) is 0 Å². The summed E-state index contributed by atoms with van der Waals surface area (Å²) in [4.78, 5) is 0. The summed E-state index contributed by atoms with van der Waals surface area (Å²) < 4.78 is 5.65. The van der Waals surface area contributed by atoms with Gasteiger partial charge in [0.25, 0.3) is 0 Å². The lowest BCUT2D eigenvalue weighted by atomic mass is 10.2. The van der Waals surface area contributed by atoms with Crippen LogP contribution in [0.25, 0.3) is 21.9 Å². The Bertz CT molecular complexity index is 565. The highest BCUT2D eigenvalue weighted by atomic mass is 16.5. The molecular formula is C12H11BO4. The molecule has 86 valence electrons. The van der Waals surface area contributed by atoms with Crippen LogP contribution in [0, 0.1) is 0 Å². The molecule has 0 aliphatic carbocycles. The molecule has 5 heteroatoms. The first-order valence-electron chi connectivity index (χ1n) is 5.09. The highest BCUT2D eigenvalue weighted by molar-refractivity contribution is 6.30. The predicted octanol–water partition coefficient (Wildman–Crippen LogP) is 1.53. The van der Waals surface area contributed by atoms with Crippen LogP contribution in [0.4, 0.5) is 0 Å². The molecule has 0 saturated heterocycles. The van der Waals surface area contributed by atoms with Gasteiger partial charge in [-0.05, 0) is 12.1 Å². The average molecular weight is 230 g/mol. The molecule has 0 spiro atoms. The molecule has 3 aromatic rings. The van der Waals surface area contributed by atoms with Gasteiger partial charge in [-0.2, -0.15) is 0 Å². The monoisotopic (exact) mass is 230 g/mol. The van der Waals surface area contributed by atoms with E-state index in [0.29, 0.717) is 0 Å². The summed E-state index contributed by atoms with van der Waals surface area (Å²) in [5.74, 6) is 0. The maximum Gasteiger partial charge on any atom is 0.631 e. The van der Waals surface area contributed by atoms with Crippen LogP contribution >= 0.6 is 0 Å². The Labute approximate surface area is 97.9 Å². The molecule has 0 amide bonds. The molecule has 17 heavy (non-hydrogen) atoms. The molecule has 3 rings (SSSR count). The number of hydrogen-bond donors (Lipinski definition) is 3. The van der Waals surface area contributed by atoms with Gasteiger partial charge < -0.3 is 19.5 Å². The summed E-state index contributed by atoms with van der Waals surface area (Å²) in [5.41, 5.74) is 1.92. The van der Waals surface area contributed by atoms with Crippen LogP contribution < -0.4 is 0 Å². The third-order valence-corrected chi connectivity index (χ3v) is 2.28. The number of fused-ring (bicyclic) bond motifs is 3. The molecule has 0 aliphatic heterocycles. The van der Waals surface area contributed by atoms with E-state index in [0.717, 1.165) is 11.2 Å². The number of furan rings is 1. The minimum Gasteiger partial charge on any atom is -0.456 e. The molecule has 0 atom stereocenters. The Morgan fingerprint density at radius 1 is 0.706 bits per heavy atom. The zero-order valence-electron chi connectivity index (χ0n) is 8.95. The lowest BCUT2D eigenvalue weighted by Crippen LogP contribution is -2.07. The number of hydrogen-bond acceptors (Lipinski definition) is 4. The van der Waals surface area contributed by atoms with Crippen LogP contribution in [0.3, 0.4) is 0 Å². The van der Waals surface area contributed by atoms with Crippen LogP contribution in [0.2, 0.25) is 0 Å². The van der Waals surface area contributed by atoms with Crippen molar-refractivity contribution in [3.8, 4) is 0 Å². The predicted molar refractivity (Wildman–Crippen MR) is 66.1 cm³/mol. The van der Waals surface area contributed by atoms with E-state index >= 15 is 0 Å². The third-order valence-electron chi connectivity index (χ3n) is 2.28. The topological polar surface area (TPSA) is 73.8 Å². The molecule has 0 radical (unpaired) electrons. The van der Waals surface area contributed by atoms with E-state index in [1.54, 1.807) is 0 Å². The molecule has 0 saturated carbocycles. The zero-order chi connectivity index (χ0) is 12.3. The zero-order valence-corrected chi connectivity index (χ0v) is 8.95. The smallest absolute Gasteiger partial charge is 0.456 e. The van der Waals surface area contributed by atoms with Gasteiger partial charge in [-0.3, -0.25) is 0 Å². The van der Waals surface area contributed by atoms with Crippen LogP contribution in [0.5, 0.6) is 0 Å². The minimum atomic E-state index is -2.17. The van der Waals surface area contributed by atoms with E-state index in [2.05, 4.69) is 12.1 Å². The molecule has 0 fully saturated rings. The van der Waals surface area contributed by atoms with Gasteiger partial charge in [0.2, 0.25) is 0 Å². The Kier molecular flexibility index (Phi) is 3.44. The summed E-state index contributed by atoms with van der Waals surface area (Å²) in [6.45, 7) is 0. The molecule has 1 heterocycles. The van der Waals surface area contributed by atoms with Gasteiger partial charge in [0.05, 0.1) is 0 Å². The van der Waals surface area contributed by atoms with E-state index in [4.69, 9.17) is 19.5 Å². The van der Waals surface area contributed by atoms with Crippen molar-refractivity contribution in [2.24, 2.45) is 0 Å². The van der Waals surface area contributed by atoms with E-state index < -0.39 is 7.32 Å². The molecular weight excluding hydrogens is 219 g/mol. The van der Waals surface area contributed by atoms with Gasteiger partial charge in [0, 0.05) is 10.8 Å². The highest BCUT2D eigenvalue weighted by Crippen LogP contribution is 2.27. The Hall–Kier alpha value is -1.82. The summed E-state index contributed by atoms with van der Waals surface area (Å²) in [6, 6.07) is 16.2. The van der Waals surface area contributed by atoms with Gasteiger partial charge in [0.1, 0.15) is 11.2 Å². The van der Waals surface area contributed by atoms with Crippen LogP contribution in [0.15, 0.2) is 52.9 Å². The summed E-state index contributed by atoms with van der Waals surface area (Å²) in [5, 5.41) is 23.9. The fraction of sp³-hybridized carbons (Fsp3) is 0. The summed E-state index contributed by atoms with van der Waals surface area (Å²) in [7, 11) is -2.17. The maximum atomic E-state index is 7.17. The first-order chi connectivity index (χ1) is 8.18. The van der Waals surface area contributed by atoms with Crippen molar-refractivity contribution in [3.63, 3.8) is 0 Å². The quantitative estimate of drug-likeness (QED) is 0.512. The summed E-state index contributed by atoms with van der Waals surface area (Å²) in [6.07, 6.45) is 0. The van der Waals surface area contributed by atoms with Crippen molar-refractivity contribution in [2.75, 3.05) is 0 Å². The number of benzene rings is 2. The molecule has 2 aromatic carbocycles. The minimum absolute atomic E-state index is 0.962. The van der Waals surface area contributed by atoms with Crippen molar-refractivity contribution in [1.29, 1.82) is 0 Å². The first-order valence-corrected chi connectivity index (χ1v) is 5.09. The standard InChI is InChI=1S/C12H8O.BH3O3/c1-3-7-11-9(5-1)10-6-2-4-8-12(10)13-11;2-1(3)4/h1-8H;2-4H. The van der Waals surface area contributed by atoms with E-state index in [-0.39, 0.29) is 0 Å². The van der Waals surface area contributed by atoms with Gasteiger partial charge in [-0.15, -0.1) is 0 Å². The Morgan fingerprint density at radius 3 is 1.47 bits per heavy atom. The second-order valence-corrected chi connectivity index (χ2v) is 3.44. The highest BCUT2D eigenvalue weighted by Gasteiger charge is 2.03. The Morgan fingerprint density at radius 2 is 1.06 bits per heavy atom. The van der Waals surface area contributed by atoms with E-state index in [9.17, 15) is 0 Å². The lowest BCUT2D eigenvalue weighted by molar-refractivity contribution is 0.278. The van der Waals surface area contributed by atoms with Crippen molar-refractivity contribution in [3.05, 3.63) is 48.5 Å². The van der Waals surface area contributed by atoms with Crippen molar-refractivity contribution < 1.29 is 19.5 Å². The van der Waals surface area contributed by atoms with Crippen LogP contribution in [0.1, 0.15) is 0 Å². The van der Waals surface area contributed by atoms with Crippen LogP contribution in [-0.4, -0.2) is 22.4 Å².